The average molecular weight is 734 g/mol. The molecule has 0 radical (unpaired) electrons. The molecule has 19 heteroatoms. The maximum Gasteiger partial charge on any atom is 0.325 e. The number of carbonyl (C=O) groups excluding carboxylic acids is 8. The summed E-state index contributed by atoms with van der Waals surface area (Å²) in [4.78, 5) is 113. The van der Waals surface area contributed by atoms with Crippen LogP contribution in [0.1, 0.15) is 59.9 Å². The molecule has 1 aromatic rings. The number of hydrogen-bond donors (Lipinski definition) is 10. The summed E-state index contributed by atoms with van der Waals surface area (Å²) in [6, 6.07) is -0.0131. The molecule has 1 rings (SSSR count). The van der Waals surface area contributed by atoms with E-state index in [-0.39, 0.29) is 18.8 Å². The van der Waals surface area contributed by atoms with Gasteiger partial charge in [0.2, 0.25) is 47.3 Å². The highest BCUT2D eigenvalue weighted by atomic mass is 16.4. The zero-order chi connectivity index (χ0) is 39.7. The highest BCUT2D eigenvalue weighted by Crippen LogP contribution is 2.09. The Hall–Kier alpha value is -5.59. The molecular weight excluding hydrogens is 682 g/mol. The number of hydrogen-bond acceptors (Lipinski definition) is 10. The number of rotatable bonds is 21. The minimum atomic E-state index is -1.59. The van der Waals surface area contributed by atoms with E-state index in [1.807, 2.05) is 0 Å². The molecule has 0 fully saturated rings. The summed E-state index contributed by atoms with van der Waals surface area (Å²) in [7, 11) is 0. The molecule has 0 heterocycles. The number of primary amides is 1. The smallest absolute Gasteiger partial charge is 0.325 e. The van der Waals surface area contributed by atoms with Crippen molar-refractivity contribution in [2.45, 2.75) is 103 Å². The fourth-order valence-electron chi connectivity index (χ4n) is 4.47. The van der Waals surface area contributed by atoms with Crippen LogP contribution in [0.3, 0.4) is 0 Å². The Bertz CT molecular complexity index is 1450. The van der Waals surface area contributed by atoms with Crippen molar-refractivity contribution in [1.82, 2.24) is 37.2 Å². The number of carbonyl (C=O) groups is 9. The second-order valence-electron chi connectivity index (χ2n) is 12.8. The quantitative estimate of drug-likeness (QED) is 0.0596. The van der Waals surface area contributed by atoms with Crippen molar-refractivity contribution in [3.05, 3.63) is 35.9 Å². The summed E-state index contributed by atoms with van der Waals surface area (Å²) < 4.78 is 0. The highest BCUT2D eigenvalue weighted by Gasteiger charge is 2.32. The first-order chi connectivity index (χ1) is 24.2. The Balaban J connectivity index is 3.18. The minimum Gasteiger partial charge on any atom is -0.480 e. The number of carboxylic acids is 1. The van der Waals surface area contributed by atoms with E-state index in [0.717, 1.165) is 0 Å². The van der Waals surface area contributed by atoms with Gasteiger partial charge >= 0.3 is 5.97 Å². The fourth-order valence-corrected chi connectivity index (χ4v) is 4.47. The van der Waals surface area contributed by atoms with Crippen LogP contribution >= 0.6 is 0 Å². The van der Waals surface area contributed by atoms with E-state index in [4.69, 9.17) is 16.6 Å². The van der Waals surface area contributed by atoms with Crippen LogP contribution in [0.5, 0.6) is 0 Å². The van der Waals surface area contributed by atoms with Crippen molar-refractivity contribution in [1.29, 1.82) is 0 Å². The van der Waals surface area contributed by atoms with Gasteiger partial charge in [0.1, 0.15) is 36.3 Å². The Morgan fingerprint density at radius 2 is 1.12 bits per heavy atom. The van der Waals surface area contributed by atoms with Gasteiger partial charge in [-0.1, -0.05) is 44.2 Å². The van der Waals surface area contributed by atoms with Gasteiger partial charge in [-0.25, -0.2) is 0 Å². The van der Waals surface area contributed by atoms with Crippen molar-refractivity contribution in [3.63, 3.8) is 0 Å². The molecule has 52 heavy (non-hydrogen) atoms. The fraction of sp³-hybridized carbons (Fsp3) is 0.545. The minimum absolute atomic E-state index is 0.0847. The van der Waals surface area contributed by atoms with Crippen LogP contribution in [-0.2, 0) is 49.6 Å². The largest absolute Gasteiger partial charge is 0.480 e. The van der Waals surface area contributed by atoms with Crippen molar-refractivity contribution >= 4 is 53.2 Å². The number of carboxylic acid groups (broad SMARTS) is 1. The molecule has 1 aromatic carbocycles. The maximum absolute atomic E-state index is 13.7. The van der Waals surface area contributed by atoms with E-state index in [1.54, 1.807) is 44.2 Å². The van der Waals surface area contributed by atoms with Crippen LogP contribution in [0.4, 0.5) is 0 Å². The summed E-state index contributed by atoms with van der Waals surface area (Å²) in [5, 5.41) is 25.8. The zero-order valence-corrected chi connectivity index (χ0v) is 30.1. The van der Waals surface area contributed by atoms with Gasteiger partial charge in [-0.05, 0) is 45.6 Å². The number of benzene rings is 1. The standard InChI is InChI=1S/C33H51N9O10/c1-16(2)12-22(30(48)36-15-26(44)37-20(6)33(51)52)41-31(49)23(13-21-10-8-7-9-11-21)42-32(50)24(14-25(35)43)40-29(47)19(5)39-28(46)18(4)38-27(45)17(3)34/h7-11,16-20,22-24H,12-15,34H2,1-6H3,(H2,35,43)(H,36,48)(H,37,44)(H,38,45)(H,39,46)(H,40,47)(H,41,49)(H,42,50)(H,51,52)/t17-,18-,19-,20-,22-,23-,24-/m0/s1. The molecule has 0 spiro atoms. The summed E-state index contributed by atoms with van der Waals surface area (Å²) in [5.74, 6) is -7.89. The normalized spacial score (nSPS) is 14.8. The lowest BCUT2D eigenvalue weighted by atomic mass is 10.0. The molecule has 0 aliphatic rings. The molecule has 0 bridgehead atoms. The zero-order valence-electron chi connectivity index (χ0n) is 30.1. The molecule has 19 nitrogen and oxygen atoms in total. The van der Waals surface area contributed by atoms with Crippen LogP contribution < -0.4 is 48.7 Å². The third kappa shape index (κ3) is 16.4. The molecule has 0 aliphatic carbocycles. The first kappa shape index (κ1) is 44.4. The Kier molecular flexibility index (Phi) is 18.4. The van der Waals surface area contributed by atoms with Gasteiger partial charge < -0.3 is 53.8 Å². The third-order valence-corrected chi connectivity index (χ3v) is 7.38. The first-order valence-electron chi connectivity index (χ1n) is 16.6. The summed E-state index contributed by atoms with van der Waals surface area (Å²) in [6.07, 6.45) is -0.646. The molecule has 8 amide bonds. The molecule has 0 aromatic heterocycles. The number of nitrogens with one attached hydrogen (secondary N) is 7. The van der Waals surface area contributed by atoms with Gasteiger partial charge in [-0.15, -0.1) is 0 Å². The third-order valence-electron chi connectivity index (χ3n) is 7.38. The second kappa shape index (κ2) is 21.6. The van der Waals surface area contributed by atoms with Crippen LogP contribution in [0, 0.1) is 5.92 Å². The summed E-state index contributed by atoms with van der Waals surface area (Å²) in [5.41, 5.74) is 11.5. The van der Waals surface area contributed by atoms with Crippen molar-refractivity contribution in [2.75, 3.05) is 6.54 Å². The van der Waals surface area contributed by atoms with Gasteiger partial charge in [-0.3, -0.25) is 43.2 Å². The van der Waals surface area contributed by atoms with Crippen LogP contribution in [0.2, 0.25) is 0 Å². The Morgan fingerprint density at radius 1 is 0.615 bits per heavy atom. The number of nitrogens with two attached hydrogens (primary N) is 2. The van der Waals surface area contributed by atoms with Crippen LogP contribution in [-0.4, -0.2) is 107 Å². The van der Waals surface area contributed by atoms with Crippen LogP contribution in [0.15, 0.2) is 30.3 Å². The van der Waals surface area contributed by atoms with E-state index >= 15 is 0 Å². The molecule has 0 aliphatic heterocycles. The molecular formula is C33H51N9O10. The second-order valence-corrected chi connectivity index (χ2v) is 12.8. The molecule has 0 saturated carbocycles. The monoisotopic (exact) mass is 733 g/mol. The van der Waals surface area contributed by atoms with Crippen molar-refractivity contribution in [3.8, 4) is 0 Å². The van der Waals surface area contributed by atoms with Gasteiger partial charge in [0.25, 0.3) is 0 Å². The predicted octanol–water partition coefficient (Wildman–Crippen LogP) is -3.33. The molecule has 0 saturated heterocycles. The number of aliphatic carboxylic acids is 1. The van der Waals surface area contributed by atoms with E-state index in [0.29, 0.717) is 5.56 Å². The molecule has 7 atom stereocenters. The van der Waals surface area contributed by atoms with Crippen molar-refractivity contribution in [2.24, 2.45) is 17.4 Å². The van der Waals surface area contributed by atoms with E-state index in [9.17, 15) is 43.2 Å². The van der Waals surface area contributed by atoms with Gasteiger partial charge in [-0.2, -0.15) is 0 Å². The lowest BCUT2D eigenvalue weighted by molar-refractivity contribution is -0.141. The van der Waals surface area contributed by atoms with Crippen molar-refractivity contribution < 1.29 is 48.3 Å². The van der Waals surface area contributed by atoms with Gasteiger partial charge in [0.05, 0.1) is 19.0 Å². The van der Waals surface area contributed by atoms with Gasteiger partial charge in [0.15, 0.2) is 0 Å². The first-order valence-corrected chi connectivity index (χ1v) is 16.6. The molecule has 0 unspecified atom stereocenters. The van der Waals surface area contributed by atoms with Crippen LogP contribution in [0.25, 0.3) is 0 Å². The Labute approximate surface area is 301 Å². The highest BCUT2D eigenvalue weighted by molar-refractivity contribution is 5.98. The lowest BCUT2D eigenvalue weighted by Gasteiger charge is -2.26. The Morgan fingerprint density at radius 3 is 1.63 bits per heavy atom. The maximum atomic E-state index is 13.7. The topological polar surface area (TPSA) is 310 Å². The molecule has 288 valence electrons. The van der Waals surface area contributed by atoms with E-state index in [1.165, 1.54) is 27.7 Å². The predicted molar refractivity (Wildman–Crippen MR) is 186 cm³/mol. The van der Waals surface area contributed by atoms with E-state index < -0.39 is 108 Å². The average Bonchev–Trinajstić information content (AvgIpc) is 3.05. The number of amides is 8. The van der Waals surface area contributed by atoms with E-state index in [2.05, 4.69) is 37.2 Å². The SMILES string of the molecule is CC(C)C[C@H](NC(=O)[C@H](Cc1ccccc1)NC(=O)[C@H](CC(N)=O)NC(=O)[C@H](C)NC(=O)[C@H](C)NC(=O)[C@H](C)N)C(=O)NCC(=O)N[C@@H](C)C(=O)O. The summed E-state index contributed by atoms with van der Waals surface area (Å²) >= 11 is 0. The molecule has 12 N–H and O–H groups in total. The van der Waals surface area contributed by atoms with Gasteiger partial charge in [0, 0.05) is 6.42 Å². The summed E-state index contributed by atoms with van der Waals surface area (Å²) in [6.45, 7) is 8.34. The lowest BCUT2D eigenvalue weighted by Crippen LogP contribution is -2.59.